The van der Waals surface area contributed by atoms with E-state index < -0.39 is 5.72 Å². The second-order valence-corrected chi connectivity index (χ2v) is 8.64. The van der Waals surface area contributed by atoms with Crippen LogP contribution < -0.4 is 9.47 Å². The molecule has 2 aromatic rings. The molecule has 1 atom stereocenters. The van der Waals surface area contributed by atoms with Crippen molar-refractivity contribution in [2.24, 2.45) is 5.10 Å². The number of para-hydroxylation sites is 1. The lowest BCUT2D eigenvalue weighted by Crippen LogP contribution is -2.59. The van der Waals surface area contributed by atoms with E-state index in [-0.39, 0.29) is 17.7 Å². The molecule has 0 saturated carbocycles. The first-order chi connectivity index (χ1) is 14.9. The summed E-state index contributed by atoms with van der Waals surface area (Å²) in [7, 11) is 1.64. The van der Waals surface area contributed by atoms with Gasteiger partial charge < -0.3 is 19.5 Å². The summed E-state index contributed by atoms with van der Waals surface area (Å²) < 4.78 is 12.2. The number of hydrogen-bond donors (Lipinski definition) is 1. The molecule has 8 heteroatoms. The van der Waals surface area contributed by atoms with E-state index in [1.165, 1.54) is 0 Å². The molecule has 3 aliphatic rings. The van der Waals surface area contributed by atoms with E-state index in [0.29, 0.717) is 48.7 Å². The third kappa shape index (κ3) is 3.19. The monoisotopic (exact) mass is 441 g/mol. The van der Waals surface area contributed by atoms with Gasteiger partial charge >= 0.3 is 0 Å². The van der Waals surface area contributed by atoms with Crippen molar-refractivity contribution in [3.63, 3.8) is 0 Å². The van der Waals surface area contributed by atoms with Gasteiger partial charge in [0.25, 0.3) is 0 Å². The molecule has 3 aliphatic heterocycles. The lowest BCUT2D eigenvalue weighted by molar-refractivity contribution is -0.159. The minimum Gasteiger partial charge on any atom is -0.507 e. The Balaban J connectivity index is 1.60. The Bertz CT molecular complexity index is 1080. The maximum Gasteiger partial charge on any atom is 0.219 e. The number of likely N-dealkylation sites (tertiary alicyclic amines) is 1. The average molecular weight is 442 g/mol. The number of carbonyl (C=O) groups excluding carboxylic acids is 1. The van der Waals surface area contributed by atoms with E-state index in [2.05, 4.69) is 0 Å². The molecule has 0 aromatic heterocycles. The summed E-state index contributed by atoms with van der Waals surface area (Å²) in [5.74, 6) is 1.63. The quantitative estimate of drug-likeness (QED) is 0.764. The SMILES string of the molecule is COc1cccc2c1OC1(CCN(C(C)=O)CC1)N1N=C(c3cc(Cl)ccc3O)CC21. The highest BCUT2D eigenvalue weighted by Crippen LogP contribution is 2.53. The van der Waals surface area contributed by atoms with Crippen molar-refractivity contribution in [3.05, 3.63) is 52.5 Å². The van der Waals surface area contributed by atoms with Crippen LogP contribution in [0, 0.1) is 0 Å². The molecule has 1 spiro atoms. The number of halogens is 1. The van der Waals surface area contributed by atoms with Gasteiger partial charge in [0.1, 0.15) is 5.75 Å². The van der Waals surface area contributed by atoms with Gasteiger partial charge in [0.15, 0.2) is 11.5 Å². The Morgan fingerprint density at radius 1 is 1.29 bits per heavy atom. The lowest BCUT2D eigenvalue weighted by Gasteiger charge is -2.51. The number of piperidine rings is 1. The zero-order valence-electron chi connectivity index (χ0n) is 17.5. The number of aromatic hydroxyl groups is 1. The molecular weight excluding hydrogens is 418 g/mol. The minimum absolute atomic E-state index is 0.0592. The molecule has 7 nitrogen and oxygen atoms in total. The fourth-order valence-corrected chi connectivity index (χ4v) is 5.01. The Kier molecular flexibility index (Phi) is 4.73. The van der Waals surface area contributed by atoms with E-state index in [4.69, 9.17) is 26.2 Å². The van der Waals surface area contributed by atoms with Crippen LogP contribution in [0.5, 0.6) is 17.2 Å². The highest BCUT2D eigenvalue weighted by atomic mass is 35.5. The van der Waals surface area contributed by atoms with Crippen LogP contribution in [0.15, 0.2) is 41.5 Å². The number of phenolic OH excluding ortho intramolecular Hbond substituents is 1. The Labute approximate surface area is 185 Å². The van der Waals surface area contributed by atoms with Crippen LogP contribution in [-0.4, -0.2) is 52.6 Å². The topological polar surface area (TPSA) is 74.6 Å². The number of amides is 1. The van der Waals surface area contributed by atoms with Crippen molar-refractivity contribution in [1.82, 2.24) is 9.91 Å². The highest BCUT2D eigenvalue weighted by Gasteiger charge is 2.53. The van der Waals surface area contributed by atoms with Gasteiger partial charge in [-0.3, -0.25) is 4.79 Å². The molecule has 1 saturated heterocycles. The third-order valence-corrected chi connectivity index (χ3v) is 6.70. The summed E-state index contributed by atoms with van der Waals surface area (Å²) >= 11 is 6.20. The summed E-state index contributed by atoms with van der Waals surface area (Å²) in [5.41, 5.74) is 1.70. The molecule has 31 heavy (non-hydrogen) atoms. The molecule has 0 aliphatic carbocycles. The van der Waals surface area contributed by atoms with Crippen LogP contribution in [0.1, 0.15) is 43.4 Å². The maximum atomic E-state index is 11.9. The fourth-order valence-electron chi connectivity index (χ4n) is 4.83. The minimum atomic E-state index is -0.686. The number of benzene rings is 2. The Morgan fingerprint density at radius 3 is 2.77 bits per heavy atom. The Hall–Kier alpha value is -2.93. The first-order valence-electron chi connectivity index (χ1n) is 10.4. The van der Waals surface area contributed by atoms with Crippen LogP contribution >= 0.6 is 11.6 Å². The van der Waals surface area contributed by atoms with Gasteiger partial charge in [0, 0.05) is 55.4 Å². The zero-order valence-corrected chi connectivity index (χ0v) is 18.2. The number of fused-ring (bicyclic) bond motifs is 4. The van der Waals surface area contributed by atoms with Crippen LogP contribution in [0.3, 0.4) is 0 Å². The normalized spacial score (nSPS) is 21.3. The van der Waals surface area contributed by atoms with Crippen molar-refractivity contribution in [2.45, 2.75) is 38.0 Å². The van der Waals surface area contributed by atoms with Crippen molar-refractivity contribution in [2.75, 3.05) is 20.2 Å². The van der Waals surface area contributed by atoms with E-state index in [1.807, 2.05) is 28.1 Å². The maximum absolute atomic E-state index is 11.9. The van der Waals surface area contributed by atoms with Crippen LogP contribution in [-0.2, 0) is 4.79 Å². The molecule has 0 radical (unpaired) electrons. The number of nitrogens with zero attached hydrogens (tertiary/aromatic N) is 3. The van der Waals surface area contributed by atoms with Gasteiger partial charge in [-0.25, -0.2) is 5.01 Å². The number of hydrazone groups is 1. The first-order valence-corrected chi connectivity index (χ1v) is 10.8. The number of carbonyl (C=O) groups is 1. The predicted molar refractivity (Wildman–Crippen MR) is 117 cm³/mol. The van der Waals surface area contributed by atoms with Gasteiger partial charge in [0.05, 0.1) is 18.9 Å². The molecule has 1 amide bonds. The molecule has 1 N–H and O–H groups in total. The van der Waals surface area contributed by atoms with Crippen LogP contribution in [0.25, 0.3) is 0 Å². The molecule has 162 valence electrons. The largest absolute Gasteiger partial charge is 0.507 e. The van der Waals surface area contributed by atoms with E-state index in [0.717, 1.165) is 17.0 Å². The molecule has 5 rings (SSSR count). The number of methoxy groups -OCH3 is 1. The fraction of sp³-hybridized carbons (Fsp3) is 0.391. The van der Waals surface area contributed by atoms with Gasteiger partial charge in [-0.05, 0) is 24.3 Å². The standard InChI is InChI=1S/C23H24ClN3O4/c1-14(28)26-10-8-23(9-11-26)27-19(16-4-3-5-21(30-2)22(16)31-23)13-18(25-27)17-12-15(24)6-7-20(17)29/h3-7,12,19,29H,8-11,13H2,1-2H3. The molecule has 1 unspecified atom stereocenters. The number of ether oxygens (including phenoxy) is 2. The van der Waals surface area contributed by atoms with Crippen molar-refractivity contribution in [3.8, 4) is 17.2 Å². The second kappa shape index (κ2) is 7.34. The van der Waals surface area contributed by atoms with Crippen molar-refractivity contribution in [1.29, 1.82) is 0 Å². The third-order valence-electron chi connectivity index (χ3n) is 6.47. The van der Waals surface area contributed by atoms with Crippen molar-refractivity contribution < 1.29 is 19.4 Å². The Morgan fingerprint density at radius 2 is 2.06 bits per heavy atom. The van der Waals surface area contributed by atoms with Crippen LogP contribution in [0.2, 0.25) is 5.02 Å². The summed E-state index contributed by atoms with van der Waals surface area (Å²) in [6, 6.07) is 10.8. The number of hydrogen-bond acceptors (Lipinski definition) is 6. The first kappa shape index (κ1) is 20.0. The summed E-state index contributed by atoms with van der Waals surface area (Å²) in [4.78, 5) is 13.7. The summed E-state index contributed by atoms with van der Waals surface area (Å²) in [5, 5.41) is 18.0. The molecule has 1 fully saturated rings. The van der Waals surface area contributed by atoms with E-state index in [1.54, 1.807) is 32.2 Å². The molecule has 0 bridgehead atoms. The molecule has 3 heterocycles. The van der Waals surface area contributed by atoms with Gasteiger partial charge in [-0.2, -0.15) is 5.10 Å². The predicted octanol–water partition coefficient (Wildman–Crippen LogP) is 3.94. The van der Waals surface area contributed by atoms with Gasteiger partial charge in [-0.1, -0.05) is 23.7 Å². The van der Waals surface area contributed by atoms with Gasteiger partial charge in [-0.15, -0.1) is 0 Å². The zero-order chi connectivity index (χ0) is 21.8. The average Bonchev–Trinajstić information content (AvgIpc) is 3.22. The highest BCUT2D eigenvalue weighted by molar-refractivity contribution is 6.31. The number of phenols is 1. The van der Waals surface area contributed by atoms with Crippen molar-refractivity contribution >= 4 is 23.2 Å². The van der Waals surface area contributed by atoms with Gasteiger partial charge in [0.2, 0.25) is 11.6 Å². The van der Waals surface area contributed by atoms with E-state index in [9.17, 15) is 9.90 Å². The summed E-state index contributed by atoms with van der Waals surface area (Å²) in [6.45, 7) is 2.78. The molecular formula is C23H24ClN3O4. The molecule has 2 aromatic carbocycles. The smallest absolute Gasteiger partial charge is 0.219 e. The number of rotatable bonds is 2. The van der Waals surface area contributed by atoms with Crippen LogP contribution in [0.4, 0.5) is 0 Å². The lowest BCUT2D eigenvalue weighted by atomic mass is 9.90. The summed E-state index contributed by atoms with van der Waals surface area (Å²) in [6.07, 6.45) is 1.85. The van der Waals surface area contributed by atoms with E-state index >= 15 is 0 Å². The second-order valence-electron chi connectivity index (χ2n) is 8.21.